The first kappa shape index (κ1) is 14.5. The van der Waals surface area contributed by atoms with Gasteiger partial charge < -0.3 is 10.2 Å². The highest BCUT2D eigenvalue weighted by atomic mass is 16.2. The quantitative estimate of drug-likeness (QED) is 0.740. The molecule has 17 heavy (non-hydrogen) atoms. The van der Waals surface area contributed by atoms with Crippen LogP contribution < -0.4 is 5.32 Å². The maximum Gasteiger partial charge on any atom is 0.222 e. The third-order valence-corrected chi connectivity index (χ3v) is 3.35. The maximum atomic E-state index is 11.5. The zero-order valence-electron chi connectivity index (χ0n) is 11.8. The molecule has 2 atom stereocenters. The Morgan fingerprint density at radius 1 is 1.29 bits per heavy atom. The van der Waals surface area contributed by atoms with E-state index in [2.05, 4.69) is 33.0 Å². The zero-order valence-corrected chi connectivity index (χ0v) is 11.8. The van der Waals surface area contributed by atoms with E-state index in [4.69, 9.17) is 0 Å². The van der Waals surface area contributed by atoms with E-state index in [0.717, 1.165) is 38.4 Å². The van der Waals surface area contributed by atoms with Crippen molar-refractivity contribution in [1.82, 2.24) is 10.2 Å². The van der Waals surface area contributed by atoms with E-state index >= 15 is 0 Å². The van der Waals surface area contributed by atoms with Gasteiger partial charge in [-0.05, 0) is 38.1 Å². The molecule has 2 unspecified atom stereocenters. The summed E-state index contributed by atoms with van der Waals surface area (Å²) in [7, 11) is 0. The van der Waals surface area contributed by atoms with E-state index in [1.165, 1.54) is 6.42 Å². The smallest absolute Gasteiger partial charge is 0.222 e. The Morgan fingerprint density at radius 2 is 2.00 bits per heavy atom. The van der Waals surface area contributed by atoms with Gasteiger partial charge in [-0.3, -0.25) is 4.79 Å². The summed E-state index contributed by atoms with van der Waals surface area (Å²) in [5, 5.41) is 3.54. The molecular formula is C14H28N2O. The molecule has 0 saturated carbocycles. The Bertz CT molecular complexity index is 240. The van der Waals surface area contributed by atoms with Gasteiger partial charge in [0, 0.05) is 25.6 Å². The Balaban J connectivity index is 2.16. The summed E-state index contributed by atoms with van der Waals surface area (Å²) in [6.07, 6.45) is 3.05. The fourth-order valence-electron chi connectivity index (χ4n) is 2.58. The van der Waals surface area contributed by atoms with Crippen LogP contribution in [-0.4, -0.2) is 36.5 Å². The van der Waals surface area contributed by atoms with Gasteiger partial charge in [0.1, 0.15) is 0 Å². The van der Waals surface area contributed by atoms with Gasteiger partial charge in [-0.25, -0.2) is 0 Å². The monoisotopic (exact) mass is 240 g/mol. The molecule has 1 rings (SSSR count). The highest BCUT2D eigenvalue weighted by Gasteiger charge is 2.21. The minimum Gasteiger partial charge on any atom is -0.341 e. The summed E-state index contributed by atoms with van der Waals surface area (Å²) in [5.41, 5.74) is 0. The number of nitrogens with zero attached hydrogens (tertiary/aromatic N) is 1. The number of likely N-dealkylation sites (tertiary alicyclic amines) is 1. The van der Waals surface area contributed by atoms with Crippen molar-refractivity contribution in [2.45, 2.75) is 53.0 Å². The molecular weight excluding hydrogens is 212 g/mol. The largest absolute Gasteiger partial charge is 0.341 e. The summed E-state index contributed by atoms with van der Waals surface area (Å²) in [6, 6.07) is 0.409. The molecule has 1 N–H and O–H groups in total. The maximum absolute atomic E-state index is 11.5. The number of nitrogens with one attached hydrogen (secondary N) is 1. The highest BCUT2D eigenvalue weighted by molar-refractivity contribution is 5.78. The molecule has 1 aliphatic rings. The normalized spacial score (nSPS) is 20.1. The van der Waals surface area contributed by atoms with Gasteiger partial charge in [0.2, 0.25) is 5.91 Å². The van der Waals surface area contributed by atoms with Crippen molar-refractivity contribution in [1.29, 1.82) is 0 Å². The first-order valence-electron chi connectivity index (χ1n) is 7.00. The second-order valence-electron chi connectivity index (χ2n) is 5.99. The molecule has 0 radical (unpaired) electrons. The lowest BCUT2D eigenvalue weighted by Gasteiger charge is -2.23. The van der Waals surface area contributed by atoms with Crippen LogP contribution in [0.15, 0.2) is 0 Å². The van der Waals surface area contributed by atoms with Gasteiger partial charge in [-0.2, -0.15) is 0 Å². The van der Waals surface area contributed by atoms with Crippen LogP contribution in [-0.2, 0) is 4.79 Å². The van der Waals surface area contributed by atoms with Gasteiger partial charge in [0.05, 0.1) is 0 Å². The predicted octanol–water partition coefficient (Wildman–Crippen LogP) is 2.27. The molecule has 0 aromatic carbocycles. The molecule has 3 heteroatoms. The van der Waals surface area contributed by atoms with Crippen LogP contribution in [0.5, 0.6) is 0 Å². The molecule has 0 spiro atoms. The lowest BCUT2D eigenvalue weighted by Crippen LogP contribution is -2.41. The van der Waals surface area contributed by atoms with Crippen LogP contribution in [0.2, 0.25) is 0 Å². The first-order valence-corrected chi connectivity index (χ1v) is 7.00. The van der Waals surface area contributed by atoms with E-state index in [9.17, 15) is 4.79 Å². The third-order valence-electron chi connectivity index (χ3n) is 3.35. The van der Waals surface area contributed by atoms with Crippen LogP contribution in [0, 0.1) is 11.8 Å². The number of hydrogen-bond donors (Lipinski definition) is 1. The summed E-state index contributed by atoms with van der Waals surface area (Å²) in [5.74, 6) is 1.81. The molecule has 1 fully saturated rings. The van der Waals surface area contributed by atoms with Crippen molar-refractivity contribution in [3.8, 4) is 0 Å². The second kappa shape index (κ2) is 7.00. The lowest BCUT2D eigenvalue weighted by atomic mass is 9.99. The summed E-state index contributed by atoms with van der Waals surface area (Å²) in [4.78, 5) is 13.5. The molecule has 0 aromatic heterocycles. The van der Waals surface area contributed by atoms with Crippen LogP contribution in [0.4, 0.5) is 0 Å². The number of rotatable bonds is 7. The fourth-order valence-corrected chi connectivity index (χ4v) is 2.58. The zero-order chi connectivity index (χ0) is 12.8. The molecule has 0 aliphatic carbocycles. The van der Waals surface area contributed by atoms with Crippen molar-refractivity contribution in [3.05, 3.63) is 0 Å². The van der Waals surface area contributed by atoms with E-state index in [1.54, 1.807) is 0 Å². The standard InChI is InChI=1S/C14H28N2O/c1-11(2)8-12(3)9-15-13(4)10-16-7-5-6-14(16)17/h11-13,15H,5-10H2,1-4H3. The minimum atomic E-state index is 0.328. The van der Waals surface area contributed by atoms with Crippen LogP contribution in [0.3, 0.4) is 0 Å². The predicted molar refractivity (Wildman–Crippen MR) is 71.9 cm³/mol. The van der Waals surface area contributed by atoms with Crippen molar-refractivity contribution in [2.24, 2.45) is 11.8 Å². The van der Waals surface area contributed by atoms with Crippen LogP contribution in [0.1, 0.15) is 47.0 Å². The third kappa shape index (κ3) is 5.53. The number of carbonyl (C=O) groups is 1. The summed E-state index contributed by atoms with van der Waals surface area (Å²) < 4.78 is 0. The molecule has 100 valence electrons. The summed E-state index contributed by atoms with van der Waals surface area (Å²) >= 11 is 0. The number of amides is 1. The van der Waals surface area contributed by atoms with Gasteiger partial charge >= 0.3 is 0 Å². The molecule has 1 amide bonds. The fraction of sp³-hybridized carbons (Fsp3) is 0.929. The molecule has 1 heterocycles. The summed E-state index contributed by atoms with van der Waals surface area (Å²) in [6.45, 7) is 11.9. The minimum absolute atomic E-state index is 0.328. The van der Waals surface area contributed by atoms with Crippen molar-refractivity contribution >= 4 is 5.91 Å². The van der Waals surface area contributed by atoms with Crippen molar-refractivity contribution < 1.29 is 4.79 Å². The van der Waals surface area contributed by atoms with Gasteiger partial charge in [-0.15, -0.1) is 0 Å². The number of hydrogen-bond acceptors (Lipinski definition) is 2. The average molecular weight is 240 g/mol. The van der Waals surface area contributed by atoms with Crippen molar-refractivity contribution in [3.63, 3.8) is 0 Å². The van der Waals surface area contributed by atoms with E-state index in [0.29, 0.717) is 17.9 Å². The molecule has 3 nitrogen and oxygen atoms in total. The molecule has 1 aliphatic heterocycles. The number of carbonyl (C=O) groups excluding carboxylic acids is 1. The SMILES string of the molecule is CC(C)CC(C)CNC(C)CN1CCCC1=O. The van der Waals surface area contributed by atoms with E-state index < -0.39 is 0 Å². The van der Waals surface area contributed by atoms with Gasteiger partial charge in [0.15, 0.2) is 0 Å². The average Bonchev–Trinajstić information content (AvgIpc) is 2.61. The van der Waals surface area contributed by atoms with Gasteiger partial charge in [0.25, 0.3) is 0 Å². The van der Waals surface area contributed by atoms with Crippen LogP contribution >= 0.6 is 0 Å². The van der Waals surface area contributed by atoms with Crippen molar-refractivity contribution in [2.75, 3.05) is 19.6 Å². The van der Waals surface area contributed by atoms with Gasteiger partial charge in [-0.1, -0.05) is 20.8 Å². The first-order chi connectivity index (χ1) is 7.99. The molecule has 0 bridgehead atoms. The Kier molecular flexibility index (Phi) is 5.96. The topological polar surface area (TPSA) is 32.3 Å². The highest BCUT2D eigenvalue weighted by Crippen LogP contribution is 2.11. The lowest BCUT2D eigenvalue weighted by molar-refractivity contribution is -0.127. The second-order valence-corrected chi connectivity index (χ2v) is 5.99. The van der Waals surface area contributed by atoms with E-state index in [-0.39, 0.29) is 0 Å². The van der Waals surface area contributed by atoms with Crippen LogP contribution in [0.25, 0.3) is 0 Å². The molecule has 0 aromatic rings. The Hall–Kier alpha value is -0.570. The Labute approximate surface area is 106 Å². The Morgan fingerprint density at radius 3 is 2.53 bits per heavy atom. The van der Waals surface area contributed by atoms with E-state index in [1.807, 2.05) is 4.90 Å². The molecule has 1 saturated heterocycles.